The van der Waals surface area contributed by atoms with E-state index in [0.29, 0.717) is 6.42 Å². The number of rotatable bonds is 3. The van der Waals surface area contributed by atoms with Gasteiger partial charge in [0.05, 0.1) is 6.10 Å². The van der Waals surface area contributed by atoms with Gasteiger partial charge in [-0.3, -0.25) is 4.98 Å². The molecule has 0 saturated heterocycles. The number of aliphatic hydroxyl groups is 1. The summed E-state index contributed by atoms with van der Waals surface area (Å²) in [6.45, 7) is 0. The van der Waals surface area contributed by atoms with Gasteiger partial charge in [-0.2, -0.15) is 0 Å². The molecular weight excluding hydrogens is 234 g/mol. The molecular formula is C17H15NO. The molecule has 0 fully saturated rings. The Hall–Kier alpha value is -2.19. The summed E-state index contributed by atoms with van der Waals surface area (Å²) in [6.07, 6.45) is 1.78. The molecule has 0 aliphatic carbocycles. The summed E-state index contributed by atoms with van der Waals surface area (Å²) in [5.41, 5.74) is 1.84. The molecule has 94 valence electrons. The van der Waals surface area contributed by atoms with Gasteiger partial charge >= 0.3 is 0 Å². The fourth-order valence-electron chi connectivity index (χ4n) is 2.25. The van der Waals surface area contributed by atoms with Crippen LogP contribution in [-0.4, -0.2) is 10.1 Å². The molecule has 0 amide bonds. The highest BCUT2D eigenvalue weighted by molar-refractivity contribution is 5.83. The number of nitrogens with zero attached hydrogens (tertiary/aromatic N) is 1. The minimum atomic E-state index is -0.514. The molecule has 19 heavy (non-hydrogen) atoms. The van der Waals surface area contributed by atoms with E-state index in [1.165, 1.54) is 5.39 Å². The SMILES string of the molecule is OC(Cc1ccccn1)c1ccc2ccccc2c1. The zero-order valence-corrected chi connectivity index (χ0v) is 10.5. The van der Waals surface area contributed by atoms with E-state index in [0.717, 1.165) is 16.6 Å². The molecule has 0 bridgehead atoms. The molecule has 2 heteroatoms. The molecule has 1 heterocycles. The van der Waals surface area contributed by atoms with Crippen LogP contribution >= 0.6 is 0 Å². The maximum absolute atomic E-state index is 10.3. The molecule has 1 atom stereocenters. The minimum Gasteiger partial charge on any atom is -0.388 e. The second kappa shape index (κ2) is 5.21. The Balaban J connectivity index is 1.87. The maximum atomic E-state index is 10.3. The number of benzene rings is 2. The van der Waals surface area contributed by atoms with Gasteiger partial charge in [0.1, 0.15) is 0 Å². The van der Waals surface area contributed by atoms with Crippen LogP contribution in [0.2, 0.25) is 0 Å². The summed E-state index contributed by atoms with van der Waals surface area (Å²) in [5, 5.41) is 12.6. The van der Waals surface area contributed by atoms with Crippen LogP contribution in [0.15, 0.2) is 66.9 Å². The smallest absolute Gasteiger partial charge is 0.0845 e. The lowest BCUT2D eigenvalue weighted by molar-refractivity contribution is 0.177. The zero-order valence-electron chi connectivity index (χ0n) is 10.5. The molecule has 2 aromatic carbocycles. The van der Waals surface area contributed by atoms with Crippen LogP contribution in [0.3, 0.4) is 0 Å². The molecule has 1 N–H and O–H groups in total. The Labute approximate surface area is 112 Å². The van der Waals surface area contributed by atoms with E-state index in [1.54, 1.807) is 6.20 Å². The van der Waals surface area contributed by atoms with Crippen LogP contribution in [0.5, 0.6) is 0 Å². The number of fused-ring (bicyclic) bond motifs is 1. The predicted molar refractivity (Wildman–Crippen MR) is 76.8 cm³/mol. The summed E-state index contributed by atoms with van der Waals surface area (Å²) >= 11 is 0. The lowest BCUT2D eigenvalue weighted by atomic mass is 10.0. The second-order valence-electron chi connectivity index (χ2n) is 4.65. The topological polar surface area (TPSA) is 33.1 Å². The quantitative estimate of drug-likeness (QED) is 0.770. The van der Waals surface area contributed by atoms with Crippen LogP contribution in [0, 0.1) is 0 Å². The lowest BCUT2D eigenvalue weighted by Gasteiger charge is -2.11. The lowest BCUT2D eigenvalue weighted by Crippen LogP contribution is -2.03. The van der Waals surface area contributed by atoms with Gasteiger partial charge in [0.25, 0.3) is 0 Å². The van der Waals surface area contributed by atoms with Crippen molar-refractivity contribution in [1.29, 1.82) is 0 Å². The molecule has 3 aromatic rings. The zero-order chi connectivity index (χ0) is 13.1. The van der Waals surface area contributed by atoms with Gasteiger partial charge in [-0.05, 0) is 34.5 Å². The van der Waals surface area contributed by atoms with E-state index in [4.69, 9.17) is 0 Å². The molecule has 0 radical (unpaired) electrons. The fraction of sp³-hybridized carbons (Fsp3) is 0.118. The van der Waals surface area contributed by atoms with Crippen molar-refractivity contribution in [2.24, 2.45) is 0 Å². The molecule has 0 aliphatic rings. The molecule has 0 spiro atoms. The number of hydrogen-bond acceptors (Lipinski definition) is 2. The van der Waals surface area contributed by atoms with Gasteiger partial charge in [-0.1, -0.05) is 42.5 Å². The largest absolute Gasteiger partial charge is 0.388 e. The first-order chi connectivity index (χ1) is 9.33. The van der Waals surface area contributed by atoms with E-state index in [-0.39, 0.29) is 0 Å². The molecule has 3 rings (SSSR count). The first-order valence-electron chi connectivity index (χ1n) is 6.39. The summed E-state index contributed by atoms with van der Waals surface area (Å²) in [4.78, 5) is 4.25. The maximum Gasteiger partial charge on any atom is 0.0845 e. The van der Waals surface area contributed by atoms with Crippen LogP contribution in [-0.2, 0) is 6.42 Å². The van der Waals surface area contributed by atoms with Crippen molar-refractivity contribution < 1.29 is 5.11 Å². The van der Waals surface area contributed by atoms with E-state index in [9.17, 15) is 5.11 Å². The Morgan fingerprint density at radius 1 is 0.895 bits per heavy atom. The van der Waals surface area contributed by atoms with Crippen LogP contribution in [0.4, 0.5) is 0 Å². The summed E-state index contributed by atoms with van der Waals surface area (Å²) in [6, 6.07) is 20.0. The number of pyridine rings is 1. The van der Waals surface area contributed by atoms with Crippen molar-refractivity contribution in [2.45, 2.75) is 12.5 Å². The summed E-state index contributed by atoms with van der Waals surface area (Å²) < 4.78 is 0. The Morgan fingerprint density at radius 2 is 1.68 bits per heavy atom. The van der Waals surface area contributed by atoms with E-state index in [1.807, 2.05) is 48.5 Å². The van der Waals surface area contributed by atoms with E-state index < -0.39 is 6.10 Å². The van der Waals surface area contributed by atoms with Crippen LogP contribution in [0.1, 0.15) is 17.4 Å². The summed E-state index contributed by atoms with van der Waals surface area (Å²) in [5.74, 6) is 0. The monoisotopic (exact) mass is 249 g/mol. The predicted octanol–water partition coefficient (Wildman–Crippen LogP) is 3.51. The van der Waals surface area contributed by atoms with Gasteiger partial charge in [0, 0.05) is 18.3 Å². The second-order valence-corrected chi connectivity index (χ2v) is 4.65. The third kappa shape index (κ3) is 2.64. The van der Waals surface area contributed by atoms with Crippen molar-refractivity contribution in [1.82, 2.24) is 4.98 Å². The fourth-order valence-corrected chi connectivity index (χ4v) is 2.25. The van der Waals surface area contributed by atoms with Gasteiger partial charge < -0.3 is 5.11 Å². The van der Waals surface area contributed by atoms with Gasteiger partial charge in [0.2, 0.25) is 0 Å². The third-order valence-corrected chi connectivity index (χ3v) is 3.29. The molecule has 0 aliphatic heterocycles. The average Bonchev–Trinajstić information content (AvgIpc) is 2.48. The first-order valence-corrected chi connectivity index (χ1v) is 6.39. The van der Waals surface area contributed by atoms with Crippen LogP contribution < -0.4 is 0 Å². The van der Waals surface area contributed by atoms with Crippen molar-refractivity contribution >= 4 is 10.8 Å². The summed E-state index contributed by atoms with van der Waals surface area (Å²) in [7, 11) is 0. The Morgan fingerprint density at radius 3 is 2.47 bits per heavy atom. The number of aromatic nitrogens is 1. The minimum absolute atomic E-state index is 0.514. The molecule has 0 saturated carbocycles. The van der Waals surface area contributed by atoms with Crippen molar-refractivity contribution in [3.8, 4) is 0 Å². The average molecular weight is 249 g/mol. The highest BCUT2D eigenvalue weighted by Crippen LogP contribution is 2.22. The van der Waals surface area contributed by atoms with Crippen molar-refractivity contribution in [3.63, 3.8) is 0 Å². The Bertz CT molecular complexity index is 679. The standard InChI is InChI=1S/C17H15NO/c19-17(12-16-7-3-4-10-18-16)15-9-8-13-5-1-2-6-14(13)11-15/h1-11,17,19H,12H2. The van der Waals surface area contributed by atoms with Crippen molar-refractivity contribution in [3.05, 3.63) is 78.1 Å². The van der Waals surface area contributed by atoms with Crippen LogP contribution in [0.25, 0.3) is 10.8 Å². The van der Waals surface area contributed by atoms with E-state index in [2.05, 4.69) is 17.1 Å². The van der Waals surface area contributed by atoms with E-state index >= 15 is 0 Å². The van der Waals surface area contributed by atoms with Crippen molar-refractivity contribution in [2.75, 3.05) is 0 Å². The number of aliphatic hydroxyl groups excluding tert-OH is 1. The normalized spacial score (nSPS) is 12.5. The molecule has 1 unspecified atom stereocenters. The Kier molecular flexibility index (Phi) is 3.25. The third-order valence-electron chi connectivity index (χ3n) is 3.29. The van der Waals surface area contributed by atoms with Gasteiger partial charge in [-0.25, -0.2) is 0 Å². The molecule has 2 nitrogen and oxygen atoms in total. The van der Waals surface area contributed by atoms with Gasteiger partial charge in [-0.15, -0.1) is 0 Å². The number of hydrogen-bond donors (Lipinski definition) is 1. The molecule has 1 aromatic heterocycles. The first kappa shape index (κ1) is 11.9. The highest BCUT2D eigenvalue weighted by Gasteiger charge is 2.09. The van der Waals surface area contributed by atoms with Gasteiger partial charge in [0.15, 0.2) is 0 Å². The highest BCUT2D eigenvalue weighted by atomic mass is 16.3.